The van der Waals surface area contributed by atoms with Crippen LogP contribution < -0.4 is 5.32 Å². The number of anilines is 1. The van der Waals surface area contributed by atoms with Crippen molar-refractivity contribution >= 4 is 28.5 Å². The van der Waals surface area contributed by atoms with Gasteiger partial charge in [0, 0.05) is 22.8 Å². The molecule has 0 saturated carbocycles. The summed E-state index contributed by atoms with van der Waals surface area (Å²) in [7, 11) is 0. The Morgan fingerprint density at radius 3 is 2.76 bits per heavy atom. The molecule has 0 saturated heterocycles. The second-order valence-electron chi connectivity index (χ2n) is 5.02. The summed E-state index contributed by atoms with van der Waals surface area (Å²) >= 11 is 0. The van der Waals surface area contributed by atoms with Gasteiger partial charge in [-0.1, -0.05) is 0 Å². The quantitative estimate of drug-likeness (QED) is 0.853. The van der Waals surface area contributed by atoms with E-state index in [1.54, 1.807) is 29.0 Å². The number of aliphatic carboxylic acids is 1. The summed E-state index contributed by atoms with van der Waals surface area (Å²) in [5, 5.41) is 12.5. The van der Waals surface area contributed by atoms with Gasteiger partial charge in [0.15, 0.2) is 0 Å². The van der Waals surface area contributed by atoms with Crippen molar-refractivity contribution in [2.24, 2.45) is 0 Å². The number of fused-ring (bicyclic) bond motifs is 1. The van der Waals surface area contributed by atoms with E-state index in [2.05, 4.69) is 5.32 Å². The van der Waals surface area contributed by atoms with Crippen LogP contribution in [0, 0.1) is 0 Å². The lowest BCUT2D eigenvalue weighted by Gasteiger charge is -2.09. The van der Waals surface area contributed by atoms with Crippen LogP contribution in [0.15, 0.2) is 30.5 Å². The van der Waals surface area contributed by atoms with Gasteiger partial charge in [-0.05, 0) is 38.1 Å². The minimum Gasteiger partial charge on any atom is -0.480 e. The Kier molecular flexibility index (Phi) is 4.59. The fraction of sp³-hybridized carbons (Fsp3) is 0.333. The number of carbonyl (C=O) groups excluding carboxylic acids is 1. The number of aromatic nitrogens is 1. The van der Waals surface area contributed by atoms with Crippen LogP contribution in [0.25, 0.3) is 10.9 Å². The third kappa shape index (κ3) is 4.06. The molecule has 0 fully saturated rings. The molecule has 2 aromatic rings. The zero-order valence-electron chi connectivity index (χ0n) is 12.0. The van der Waals surface area contributed by atoms with Crippen LogP contribution in [0.1, 0.15) is 13.8 Å². The van der Waals surface area contributed by atoms with Crippen molar-refractivity contribution in [2.75, 3.05) is 11.9 Å². The van der Waals surface area contributed by atoms with Crippen molar-refractivity contribution < 1.29 is 19.4 Å². The Morgan fingerprint density at radius 2 is 2.10 bits per heavy atom. The molecule has 0 aliphatic heterocycles. The van der Waals surface area contributed by atoms with Crippen LogP contribution in [-0.2, 0) is 20.9 Å². The van der Waals surface area contributed by atoms with Crippen molar-refractivity contribution in [1.29, 1.82) is 0 Å². The number of carboxylic acid groups (broad SMARTS) is 1. The van der Waals surface area contributed by atoms with E-state index in [9.17, 15) is 9.59 Å². The molecule has 0 aliphatic rings. The molecule has 112 valence electrons. The zero-order chi connectivity index (χ0) is 15.4. The molecule has 0 radical (unpaired) electrons. The highest BCUT2D eigenvalue weighted by Crippen LogP contribution is 2.20. The standard InChI is InChI=1S/C15H18N2O4/c1-10(2)21-9-14(18)16-12-3-4-13-11(7-12)5-6-17(13)8-15(19)20/h3-7,10H,8-9H2,1-2H3,(H,16,18)(H,19,20). The van der Waals surface area contributed by atoms with Gasteiger partial charge in [-0.25, -0.2) is 0 Å². The van der Waals surface area contributed by atoms with E-state index in [-0.39, 0.29) is 25.2 Å². The minimum absolute atomic E-state index is 0.00304. The van der Waals surface area contributed by atoms with Crippen LogP contribution in [0.5, 0.6) is 0 Å². The van der Waals surface area contributed by atoms with Gasteiger partial charge in [-0.15, -0.1) is 0 Å². The minimum atomic E-state index is -0.893. The molecule has 0 bridgehead atoms. The number of nitrogens with one attached hydrogen (secondary N) is 1. The molecule has 1 aromatic heterocycles. The Morgan fingerprint density at radius 1 is 1.33 bits per heavy atom. The van der Waals surface area contributed by atoms with E-state index < -0.39 is 5.97 Å². The number of rotatable bonds is 6. The van der Waals surface area contributed by atoms with Crippen LogP contribution in [0.4, 0.5) is 5.69 Å². The van der Waals surface area contributed by atoms with Gasteiger partial charge in [-0.3, -0.25) is 9.59 Å². The highest BCUT2D eigenvalue weighted by atomic mass is 16.5. The molecule has 6 heteroatoms. The summed E-state index contributed by atoms with van der Waals surface area (Å²) in [6.45, 7) is 3.65. The Bertz CT molecular complexity index is 661. The summed E-state index contributed by atoms with van der Waals surface area (Å²) in [4.78, 5) is 22.4. The average molecular weight is 290 g/mol. The fourth-order valence-corrected chi connectivity index (χ4v) is 2.00. The molecule has 2 rings (SSSR count). The first-order chi connectivity index (χ1) is 9.95. The molecule has 0 atom stereocenters. The van der Waals surface area contributed by atoms with Gasteiger partial charge in [0.25, 0.3) is 0 Å². The van der Waals surface area contributed by atoms with Crippen molar-refractivity contribution in [2.45, 2.75) is 26.5 Å². The van der Waals surface area contributed by atoms with Crippen LogP contribution in [0.3, 0.4) is 0 Å². The molecular formula is C15H18N2O4. The lowest BCUT2D eigenvalue weighted by Crippen LogP contribution is -2.20. The lowest BCUT2D eigenvalue weighted by atomic mass is 10.2. The summed E-state index contributed by atoms with van der Waals surface area (Å²) in [6, 6.07) is 7.16. The van der Waals surface area contributed by atoms with Gasteiger partial charge in [0.05, 0.1) is 6.10 Å². The fourth-order valence-electron chi connectivity index (χ4n) is 2.00. The first kappa shape index (κ1) is 15.1. The van der Waals surface area contributed by atoms with E-state index >= 15 is 0 Å². The summed E-state index contributed by atoms with van der Waals surface area (Å²) in [6.07, 6.45) is 1.72. The Hall–Kier alpha value is -2.34. The molecule has 1 amide bonds. The normalized spacial score (nSPS) is 11.0. The molecule has 2 N–H and O–H groups in total. The third-order valence-corrected chi connectivity index (χ3v) is 2.91. The van der Waals surface area contributed by atoms with Crippen LogP contribution in [0.2, 0.25) is 0 Å². The average Bonchev–Trinajstić information content (AvgIpc) is 2.78. The number of hydrogen-bond donors (Lipinski definition) is 2. The smallest absolute Gasteiger partial charge is 0.323 e. The highest BCUT2D eigenvalue weighted by Gasteiger charge is 2.08. The molecular weight excluding hydrogens is 272 g/mol. The molecule has 0 unspecified atom stereocenters. The number of carboxylic acids is 1. The molecule has 1 aromatic carbocycles. The summed E-state index contributed by atoms with van der Waals surface area (Å²) in [5.74, 6) is -1.11. The first-order valence-electron chi connectivity index (χ1n) is 6.68. The second-order valence-corrected chi connectivity index (χ2v) is 5.02. The summed E-state index contributed by atoms with van der Waals surface area (Å²) in [5.41, 5.74) is 1.47. The van der Waals surface area contributed by atoms with Crippen molar-refractivity contribution in [3.8, 4) is 0 Å². The highest BCUT2D eigenvalue weighted by molar-refractivity contribution is 5.94. The third-order valence-electron chi connectivity index (χ3n) is 2.91. The van der Waals surface area contributed by atoms with E-state index in [1.807, 2.05) is 19.9 Å². The lowest BCUT2D eigenvalue weighted by molar-refractivity contribution is -0.137. The molecule has 0 spiro atoms. The van der Waals surface area contributed by atoms with E-state index in [0.717, 1.165) is 10.9 Å². The monoisotopic (exact) mass is 290 g/mol. The maximum atomic E-state index is 11.7. The van der Waals surface area contributed by atoms with E-state index in [4.69, 9.17) is 9.84 Å². The SMILES string of the molecule is CC(C)OCC(=O)Nc1ccc2c(ccn2CC(=O)O)c1. The van der Waals surface area contributed by atoms with E-state index in [0.29, 0.717) is 5.69 Å². The molecule has 0 aliphatic carbocycles. The Balaban J connectivity index is 2.09. The second kappa shape index (κ2) is 6.41. The van der Waals surface area contributed by atoms with Crippen LogP contribution >= 0.6 is 0 Å². The first-order valence-corrected chi connectivity index (χ1v) is 6.68. The Labute approximate surface area is 122 Å². The van der Waals surface area contributed by atoms with Crippen molar-refractivity contribution in [3.05, 3.63) is 30.5 Å². The number of benzene rings is 1. The van der Waals surface area contributed by atoms with Crippen molar-refractivity contribution in [1.82, 2.24) is 4.57 Å². The van der Waals surface area contributed by atoms with Gasteiger partial charge in [-0.2, -0.15) is 0 Å². The van der Waals surface area contributed by atoms with Gasteiger partial charge >= 0.3 is 5.97 Å². The topological polar surface area (TPSA) is 80.6 Å². The number of carbonyl (C=O) groups is 2. The number of nitrogens with zero attached hydrogens (tertiary/aromatic N) is 1. The van der Waals surface area contributed by atoms with Gasteiger partial charge in [0.1, 0.15) is 13.2 Å². The van der Waals surface area contributed by atoms with Crippen molar-refractivity contribution in [3.63, 3.8) is 0 Å². The largest absolute Gasteiger partial charge is 0.480 e. The molecule has 21 heavy (non-hydrogen) atoms. The molecule has 1 heterocycles. The number of ether oxygens (including phenoxy) is 1. The van der Waals surface area contributed by atoms with Gasteiger partial charge in [0.2, 0.25) is 5.91 Å². The van der Waals surface area contributed by atoms with E-state index in [1.165, 1.54) is 0 Å². The molecule has 6 nitrogen and oxygen atoms in total. The maximum absolute atomic E-state index is 11.7. The predicted octanol–water partition coefficient (Wildman–Crippen LogP) is 2.09. The number of amides is 1. The van der Waals surface area contributed by atoms with Gasteiger partial charge < -0.3 is 19.7 Å². The maximum Gasteiger partial charge on any atom is 0.323 e. The predicted molar refractivity (Wildman–Crippen MR) is 79.3 cm³/mol. The summed E-state index contributed by atoms with van der Waals surface area (Å²) < 4.78 is 6.87. The number of hydrogen-bond acceptors (Lipinski definition) is 3. The van der Waals surface area contributed by atoms with Crippen LogP contribution in [-0.4, -0.2) is 34.3 Å². The zero-order valence-corrected chi connectivity index (χ0v) is 12.0.